The van der Waals surface area contributed by atoms with E-state index in [2.05, 4.69) is 4.98 Å². The van der Waals surface area contributed by atoms with Crippen LogP contribution in [0, 0.1) is 0 Å². The van der Waals surface area contributed by atoms with E-state index in [0.717, 1.165) is 16.8 Å². The number of rotatable bonds is 2. The molecule has 0 unspecified atom stereocenters. The molecule has 0 saturated heterocycles. The third kappa shape index (κ3) is 2.68. The Balaban J connectivity index is 1.73. The van der Waals surface area contributed by atoms with Crippen molar-refractivity contribution in [2.24, 2.45) is 0 Å². The summed E-state index contributed by atoms with van der Waals surface area (Å²) < 4.78 is 12.9. The predicted octanol–water partition coefficient (Wildman–Crippen LogP) is 3.32. The first-order valence-electron chi connectivity index (χ1n) is 7.23. The van der Waals surface area contributed by atoms with E-state index in [1.807, 2.05) is 11.4 Å². The van der Waals surface area contributed by atoms with Crippen LogP contribution in [-0.2, 0) is 6.54 Å². The molecular formula is C16H13ClN2O3S. The maximum Gasteiger partial charge on any atom is 0.262 e. The minimum atomic E-state index is -0.0560. The second-order valence-electron chi connectivity index (χ2n) is 5.27. The van der Waals surface area contributed by atoms with Crippen LogP contribution in [0.2, 0.25) is 5.02 Å². The first kappa shape index (κ1) is 14.5. The van der Waals surface area contributed by atoms with Crippen molar-refractivity contribution in [3.05, 3.63) is 50.8 Å². The maximum absolute atomic E-state index is 12.5. The number of nitrogens with zero attached hydrogens (tertiary/aromatic N) is 2. The third-order valence-corrected chi connectivity index (χ3v) is 4.77. The average Bonchev–Trinajstić information content (AvgIpc) is 2.89. The van der Waals surface area contributed by atoms with Crippen LogP contribution in [0.1, 0.15) is 12.0 Å². The summed E-state index contributed by atoms with van der Waals surface area (Å²) in [5, 5.41) is 3.00. The van der Waals surface area contributed by atoms with Gasteiger partial charge in [0.1, 0.15) is 4.83 Å². The van der Waals surface area contributed by atoms with Gasteiger partial charge in [-0.3, -0.25) is 9.36 Å². The summed E-state index contributed by atoms with van der Waals surface area (Å²) >= 11 is 7.75. The van der Waals surface area contributed by atoms with E-state index in [1.165, 1.54) is 11.3 Å². The molecule has 118 valence electrons. The summed E-state index contributed by atoms with van der Waals surface area (Å²) in [6.07, 6.45) is 2.39. The van der Waals surface area contributed by atoms with Crippen LogP contribution in [0.3, 0.4) is 0 Å². The lowest BCUT2D eigenvalue weighted by Gasteiger charge is -2.12. The van der Waals surface area contributed by atoms with Crippen LogP contribution in [0.5, 0.6) is 11.5 Å². The highest BCUT2D eigenvalue weighted by atomic mass is 35.5. The van der Waals surface area contributed by atoms with Crippen LogP contribution in [0.25, 0.3) is 10.2 Å². The molecule has 3 aromatic rings. The summed E-state index contributed by atoms with van der Waals surface area (Å²) in [5.41, 5.74) is 0.817. The summed E-state index contributed by atoms with van der Waals surface area (Å²) in [7, 11) is 0. The Kier molecular flexibility index (Phi) is 3.71. The summed E-state index contributed by atoms with van der Waals surface area (Å²) in [4.78, 5) is 17.5. The quantitative estimate of drug-likeness (QED) is 0.713. The van der Waals surface area contributed by atoms with E-state index in [4.69, 9.17) is 21.1 Å². The molecule has 1 aliphatic rings. The van der Waals surface area contributed by atoms with E-state index in [1.54, 1.807) is 23.0 Å². The van der Waals surface area contributed by atoms with E-state index >= 15 is 0 Å². The van der Waals surface area contributed by atoms with E-state index < -0.39 is 0 Å². The number of hydrogen-bond acceptors (Lipinski definition) is 5. The molecule has 0 fully saturated rings. The van der Waals surface area contributed by atoms with Crippen molar-refractivity contribution in [3.63, 3.8) is 0 Å². The molecule has 3 heterocycles. The molecule has 0 spiro atoms. The van der Waals surface area contributed by atoms with Crippen molar-refractivity contribution >= 4 is 33.2 Å². The van der Waals surface area contributed by atoms with Gasteiger partial charge in [-0.05, 0) is 29.1 Å². The van der Waals surface area contributed by atoms with Gasteiger partial charge in [0.25, 0.3) is 5.56 Å². The van der Waals surface area contributed by atoms with Gasteiger partial charge in [-0.25, -0.2) is 4.98 Å². The predicted molar refractivity (Wildman–Crippen MR) is 90.0 cm³/mol. The highest BCUT2D eigenvalue weighted by molar-refractivity contribution is 7.16. The molecule has 7 heteroatoms. The van der Waals surface area contributed by atoms with Gasteiger partial charge in [0.2, 0.25) is 0 Å². The normalized spacial score (nSPS) is 14.0. The van der Waals surface area contributed by atoms with E-state index in [0.29, 0.717) is 41.7 Å². The van der Waals surface area contributed by atoms with Gasteiger partial charge < -0.3 is 9.47 Å². The zero-order chi connectivity index (χ0) is 15.8. The third-order valence-electron chi connectivity index (χ3n) is 3.67. The standard InChI is InChI=1S/C16H13ClN2O3S/c17-12-6-10(7-13-14(12)22-4-1-3-21-13)8-19-9-18-15-11(16(19)20)2-5-23-15/h2,5-7,9H,1,3-4,8H2. The fourth-order valence-electron chi connectivity index (χ4n) is 2.58. The highest BCUT2D eigenvalue weighted by Crippen LogP contribution is 2.38. The fraction of sp³-hybridized carbons (Fsp3) is 0.250. The summed E-state index contributed by atoms with van der Waals surface area (Å²) in [5.74, 6) is 1.20. The molecule has 0 radical (unpaired) electrons. The molecule has 2 aromatic heterocycles. The molecule has 5 nitrogen and oxygen atoms in total. The number of ether oxygens (including phenoxy) is 2. The Hall–Kier alpha value is -2.05. The Morgan fingerprint density at radius 3 is 3.09 bits per heavy atom. The molecular weight excluding hydrogens is 336 g/mol. The van der Waals surface area contributed by atoms with Gasteiger partial charge in [0, 0.05) is 6.42 Å². The minimum Gasteiger partial charge on any atom is -0.489 e. The fourth-order valence-corrected chi connectivity index (χ4v) is 3.59. The molecule has 0 amide bonds. The molecule has 23 heavy (non-hydrogen) atoms. The summed E-state index contributed by atoms with van der Waals surface area (Å²) in [6.45, 7) is 1.56. The topological polar surface area (TPSA) is 53.4 Å². The van der Waals surface area contributed by atoms with Gasteiger partial charge in [-0.15, -0.1) is 11.3 Å². The van der Waals surface area contributed by atoms with Gasteiger partial charge in [0.05, 0.1) is 36.5 Å². The Bertz CT molecular complexity index is 935. The Morgan fingerprint density at radius 2 is 2.17 bits per heavy atom. The maximum atomic E-state index is 12.5. The Morgan fingerprint density at radius 1 is 1.30 bits per heavy atom. The first-order chi connectivity index (χ1) is 11.2. The number of aromatic nitrogens is 2. The van der Waals surface area contributed by atoms with Gasteiger partial charge in [-0.1, -0.05) is 11.6 Å². The number of thiophene rings is 1. The minimum absolute atomic E-state index is 0.0560. The van der Waals surface area contributed by atoms with Crippen molar-refractivity contribution < 1.29 is 9.47 Å². The smallest absolute Gasteiger partial charge is 0.262 e. The van der Waals surface area contributed by atoms with Crippen LogP contribution in [0.15, 0.2) is 34.7 Å². The molecule has 0 aliphatic carbocycles. The van der Waals surface area contributed by atoms with Gasteiger partial charge >= 0.3 is 0 Å². The number of hydrogen-bond donors (Lipinski definition) is 0. The molecule has 0 saturated carbocycles. The lowest BCUT2D eigenvalue weighted by atomic mass is 10.2. The zero-order valence-corrected chi connectivity index (χ0v) is 13.7. The van der Waals surface area contributed by atoms with Crippen LogP contribution < -0.4 is 15.0 Å². The highest BCUT2D eigenvalue weighted by Gasteiger charge is 2.16. The molecule has 0 atom stereocenters. The zero-order valence-electron chi connectivity index (χ0n) is 12.1. The van der Waals surface area contributed by atoms with Crippen LogP contribution in [-0.4, -0.2) is 22.8 Å². The lowest BCUT2D eigenvalue weighted by molar-refractivity contribution is 0.297. The van der Waals surface area contributed by atoms with E-state index in [9.17, 15) is 4.79 Å². The van der Waals surface area contributed by atoms with Crippen LogP contribution in [0.4, 0.5) is 0 Å². The number of halogens is 1. The molecule has 0 N–H and O–H groups in total. The monoisotopic (exact) mass is 348 g/mol. The second kappa shape index (κ2) is 5.86. The summed E-state index contributed by atoms with van der Waals surface area (Å²) in [6, 6.07) is 5.48. The van der Waals surface area contributed by atoms with Gasteiger partial charge in [-0.2, -0.15) is 0 Å². The first-order valence-corrected chi connectivity index (χ1v) is 8.49. The van der Waals surface area contributed by atoms with Crippen molar-refractivity contribution in [3.8, 4) is 11.5 Å². The van der Waals surface area contributed by atoms with Crippen molar-refractivity contribution in [2.45, 2.75) is 13.0 Å². The van der Waals surface area contributed by atoms with Crippen molar-refractivity contribution in [1.82, 2.24) is 9.55 Å². The van der Waals surface area contributed by atoms with Crippen LogP contribution >= 0.6 is 22.9 Å². The second-order valence-corrected chi connectivity index (χ2v) is 6.57. The number of benzene rings is 1. The largest absolute Gasteiger partial charge is 0.489 e. The van der Waals surface area contributed by atoms with Crippen molar-refractivity contribution in [2.75, 3.05) is 13.2 Å². The average molecular weight is 349 g/mol. The lowest BCUT2D eigenvalue weighted by Crippen LogP contribution is -2.20. The Labute approximate surface area is 141 Å². The number of fused-ring (bicyclic) bond motifs is 2. The molecule has 1 aliphatic heterocycles. The van der Waals surface area contributed by atoms with Gasteiger partial charge in [0.15, 0.2) is 11.5 Å². The molecule has 4 rings (SSSR count). The molecule has 1 aromatic carbocycles. The van der Waals surface area contributed by atoms with Crippen molar-refractivity contribution in [1.29, 1.82) is 0 Å². The van der Waals surface area contributed by atoms with E-state index in [-0.39, 0.29) is 5.56 Å². The molecule has 0 bridgehead atoms. The SMILES string of the molecule is O=c1c2ccsc2ncn1Cc1cc(Cl)c2c(c1)OCCCO2.